The lowest BCUT2D eigenvalue weighted by Gasteiger charge is -2.31. The third-order valence-corrected chi connectivity index (χ3v) is 9.85. The molecule has 2 aromatic rings. The van der Waals surface area contributed by atoms with Gasteiger partial charge in [-0.1, -0.05) is 30.3 Å². The van der Waals surface area contributed by atoms with Crippen LogP contribution in [0.15, 0.2) is 59.5 Å². The molecule has 0 unspecified atom stereocenters. The minimum atomic E-state index is -4.01. The van der Waals surface area contributed by atoms with E-state index in [1.54, 1.807) is 56.3 Å². The quantitative estimate of drug-likeness (QED) is 0.150. The molecule has 0 bridgehead atoms. The second-order valence-corrected chi connectivity index (χ2v) is 13.6. The summed E-state index contributed by atoms with van der Waals surface area (Å²) in [4.78, 5) is 49.2. The number of aliphatic carboxylic acids is 1. The minimum Gasteiger partial charge on any atom is -0.480 e. The normalized spacial score (nSPS) is 17.1. The van der Waals surface area contributed by atoms with Crippen LogP contribution >= 0.6 is 11.8 Å². The van der Waals surface area contributed by atoms with Crippen molar-refractivity contribution in [1.29, 1.82) is 5.41 Å². The molecular formula is C27H34N6O7S2. The zero-order chi connectivity index (χ0) is 31.1. The van der Waals surface area contributed by atoms with E-state index in [1.807, 2.05) is 0 Å². The third-order valence-electron chi connectivity index (χ3n) is 6.48. The number of carboxylic acid groups (broad SMARTS) is 1. The van der Waals surface area contributed by atoms with Gasteiger partial charge in [-0.05, 0) is 50.1 Å². The lowest BCUT2D eigenvalue weighted by atomic mass is 10.0. The molecule has 2 atom stereocenters. The Kier molecular flexibility index (Phi) is 10.7. The van der Waals surface area contributed by atoms with Crippen LogP contribution in [0.25, 0.3) is 0 Å². The Morgan fingerprint density at radius 1 is 1.07 bits per heavy atom. The average Bonchev–Trinajstić information content (AvgIpc) is 3.25. The molecule has 0 spiro atoms. The summed E-state index contributed by atoms with van der Waals surface area (Å²) in [5.74, 6) is -3.21. The number of anilines is 1. The maximum Gasteiger partial charge on any atom is 0.326 e. The second-order valence-electron chi connectivity index (χ2n) is 10.1. The van der Waals surface area contributed by atoms with Crippen molar-refractivity contribution in [3.63, 3.8) is 0 Å². The number of carboxylic acids is 1. The van der Waals surface area contributed by atoms with Gasteiger partial charge in [0.1, 0.15) is 12.1 Å². The number of nitrogens with one attached hydrogen (secondary N) is 4. The molecule has 42 heavy (non-hydrogen) atoms. The molecule has 226 valence electrons. The van der Waals surface area contributed by atoms with Gasteiger partial charge in [-0.2, -0.15) is 4.31 Å². The van der Waals surface area contributed by atoms with E-state index in [-0.39, 0.29) is 42.4 Å². The molecule has 1 aliphatic heterocycles. The number of thioether (sulfide) groups is 1. The van der Waals surface area contributed by atoms with E-state index >= 15 is 0 Å². The number of carbonyl (C=O) groups is 4. The Morgan fingerprint density at radius 3 is 2.29 bits per heavy atom. The first-order valence-electron chi connectivity index (χ1n) is 13.0. The number of rotatable bonds is 12. The standard InChI is InChI=1S/C27H34N6O7S2/c1-27(2)23(33(16-41-27)42(39,40)19-7-4-3-5-8-19)24(36)31-20(25(37)38)15-17-11-13-18(14-12-17)30-21(34)9-6-10-22(35)32-26(28)29/h3-5,7-8,11-14,20,23H,6,9-10,15-16H2,1-2H3,(H,30,34)(H,31,36)(H,37,38)(H4,28,29,32,35)/t20-,23+/m0/s1. The zero-order valence-corrected chi connectivity index (χ0v) is 24.8. The predicted octanol–water partition coefficient (Wildman–Crippen LogP) is 1.46. The number of guanidine groups is 1. The summed E-state index contributed by atoms with van der Waals surface area (Å²) in [5.41, 5.74) is 6.11. The van der Waals surface area contributed by atoms with Gasteiger partial charge in [-0.15, -0.1) is 11.8 Å². The van der Waals surface area contributed by atoms with Gasteiger partial charge in [-0.3, -0.25) is 25.1 Å². The molecular weight excluding hydrogens is 584 g/mol. The molecule has 13 nitrogen and oxygen atoms in total. The SMILES string of the molecule is CC1(C)SCN(S(=O)(=O)c2ccccc2)[C@@H]1C(=O)N[C@@H](Cc1ccc(NC(=O)CCCC(=O)NC(=N)N)cc1)C(=O)O. The number of amides is 3. The van der Waals surface area contributed by atoms with E-state index in [9.17, 15) is 32.7 Å². The Hall–Kier alpha value is -3.95. The molecule has 7 N–H and O–H groups in total. The fraction of sp³-hybridized carbons (Fsp3) is 0.370. The van der Waals surface area contributed by atoms with Crippen LogP contribution in [0.3, 0.4) is 0 Å². The van der Waals surface area contributed by atoms with Crippen LogP contribution < -0.4 is 21.7 Å². The van der Waals surface area contributed by atoms with Crippen LogP contribution in [0.5, 0.6) is 0 Å². The summed E-state index contributed by atoms with van der Waals surface area (Å²) in [6.45, 7) is 3.48. The maximum absolute atomic E-state index is 13.4. The van der Waals surface area contributed by atoms with Crippen molar-refractivity contribution < 1.29 is 32.7 Å². The molecule has 3 amide bonds. The lowest BCUT2D eigenvalue weighted by molar-refractivity contribution is -0.142. The van der Waals surface area contributed by atoms with E-state index in [4.69, 9.17) is 11.1 Å². The van der Waals surface area contributed by atoms with Gasteiger partial charge in [0.15, 0.2) is 5.96 Å². The van der Waals surface area contributed by atoms with Crippen molar-refractivity contribution in [1.82, 2.24) is 14.9 Å². The van der Waals surface area contributed by atoms with Crippen LogP contribution in [0.4, 0.5) is 5.69 Å². The third kappa shape index (κ3) is 8.53. The first-order chi connectivity index (χ1) is 19.7. The summed E-state index contributed by atoms with van der Waals surface area (Å²) < 4.78 is 27.0. The lowest BCUT2D eigenvalue weighted by Crippen LogP contribution is -2.56. The highest BCUT2D eigenvalue weighted by Crippen LogP contribution is 2.42. The monoisotopic (exact) mass is 618 g/mol. The van der Waals surface area contributed by atoms with Crippen LogP contribution in [0.2, 0.25) is 0 Å². The predicted molar refractivity (Wildman–Crippen MR) is 158 cm³/mol. The Bertz CT molecular complexity index is 1430. The van der Waals surface area contributed by atoms with Crippen molar-refractivity contribution in [3.8, 4) is 0 Å². The molecule has 15 heteroatoms. The van der Waals surface area contributed by atoms with Gasteiger partial charge < -0.3 is 21.5 Å². The van der Waals surface area contributed by atoms with Gasteiger partial charge in [-0.25, -0.2) is 13.2 Å². The maximum atomic E-state index is 13.4. The van der Waals surface area contributed by atoms with E-state index in [1.165, 1.54) is 23.9 Å². The van der Waals surface area contributed by atoms with Gasteiger partial charge in [0.2, 0.25) is 27.7 Å². The summed E-state index contributed by atoms with van der Waals surface area (Å²) in [7, 11) is -4.01. The smallest absolute Gasteiger partial charge is 0.326 e. The molecule has 1 aliphatic rings. The van der Waals surface area contributed by atoms with Crippen LogP contribution in [-0.4, -0.2) is 70.2 Å². The highest BCUT2D eigenvalue weighted by molar-refractivity contribution is 8.02. The van der Waals surface area contributed by atoms with Crippen LogP contribution in [0.1, 0.15) is 38.7 Å². The fourth-order valence-electron chi connectivity index (χ4n) is 4.37. The van der Waals surface area contributed by atoms with Gasteiger partial charge in [0, 0.05) is 29.7 Å². The van der Waals surface area contributed by atoms with Crippen molar-refractivity contribution in [2.45, 2.75) is 61.3 Å². The molecule has 0 radical (unpaired) electrons. The van der Waals surface area contributed by atoms with Gasteiger partial charge in [0.05, 0.1) is 10.8 Å². The first-order valence-corrected chi connectivity index (χ1v) is 15.4. The van der Waals surface area contributed by atoms with Crippen molar-refractivity contribution in [2.75, 3.05) is 11.2 Å². The second kappa shape index (κ2) is 13.8. The Labute approximate surface area is 248 Å². The summed E-state index contributed by atoms with van der Waals surface area (Å²) >= 11 is 1.29. The fourth-order valence-corrected chi connectivity index (χ4v) is 7.56. The number of hydrogen-bond acceptors (Lipinski definition) is 8. The number of benzene rings is 2. The number of carbonyl (C=O) groups excluding carboxylic acids is 3. The van der Waals surface area contributed by atoms with Crippen molar-refractivity contribution in [3.05, 3.63) is 60.2 Å². The summed E-state index contributed by atoms with van der Waals surface area (Å²) in [5, 5.41) is 24.2. The minimum absolute atomic E-state index is 0.0287. The highest BCUT2D eigenvalue weighted by atomic mass is 32.2. The number of nitrogens with two attached hydrogens (primary N) is 1. The van der Waals surface area contributed by atoms with Crippen molar-refractivity contribution >= 4 is 57.1 Å². The zero-order valence-electron chi connectivity index (χ0n) is 23.1. The van der Waals surface area contributed by atoms with Gasteiger partial charge >= 0.3 is 5.97 Å². The first kappa shape index (κ1) is 32.6. The number of hydrogen-bond donors (Lipinski definition) is 6. The molecule has 2 aromatic carbocycles. The van der Waals surface area contributed by atoms with Crippen molar-refractivity contribution in [2.24, 2.45) is 5.73 Å². The largest absolute Gasteiger partial charge is 0.480 e. The summed E-state index contributed by atoms with van der Waals surface area (Å²) in [6.07, 6.45) is 0.267. The highest BCUT2D eigenvalue weighted by Gasteiger charge is 2.51. The Morgan fingerprint density at radius 2 is 1.69 bits per heavy atom. The van der Waals surface area contributed by atoms with Crippen LogP contribution in [0, 0.1) is 5.41 Å². The number of nitrogens with zero attached hydrogens (tertiary/aromatic N) is 1. The van der Waals surface area contributed by atoms with E-state index in [2.05, 4.69) is 16.0 Å². The average molecular weight is 619 g/mol. The topological polar surface area (TPSA) is 212 Å². The van der Waals surface area contributed by atoms with Gasteiger partial charge in [0.25, 0.3) is 0 Å². The molecule has 1 heterocycles. The van der Waals surface area contributed by atoms with E-state index < -0.39 is 50.6 Å². The van der Waals surface area contributed by atoms with Crippen LogP contribution in [-0.2, 0) is 35.6 Å². The van der Waals surface area contributed by atoms with E-state index in [0.29, 0.717) is 11.3 Å². The summed E-state index contributed by atoms with van der Waals surface area (Å²) in [6, 6.07) is 11.7. The molecule has 3 rings (SSSR count). The molecule has 0 saturated carbocycles. The molecule has 1 fully saturated rings. The van der Waals surface area contributed by atoms with E-state index in [0.717, 1.165) is 4.31 Å². The molecule has 0 aromatic heterocycles. The Balaban J connectivity index is 1.63. The molecule has 1 saturated heterocycles. The number of sulfonamides is 1. The molecule has 0 aliphatic carbocycles.